The zero-order chi connectivity index (χ0) is 11.5. The monoisotopic (exact) mass is 215 g/mol. The zero-order valence-corrected chi connectivity index (χ0v) is 10.4. The minimum atomic E-state index is 0.0662. The summed E-state index contributed by atoms with van der Waals surface area (Å²) in [6.45, 7) is 6.19. The van der Waals surface area contributed by atoms with Crippen molar-refractivity contribution in [3.8, 4) is 0 Å². The SMILES string of the molecule is CN(C)C(C)(C)C(NN)C1CCOCC1. The first-order valence-electron chi connectivity index (χ1n) is 5.71. The van der Waals surface area contributed by atoms with E-state index in [1.165, 1.54) is 0 Å². The van der Waals surface area contributed by atoms with Gasteiger partial charge in [0, 0.05) is 24.8 Å². The predicted octanol–water partition coefficient (Wildman–Crippen LogP) is 0.585. The van der Waals surface area contributed by atoms with Gasteiger partial charge in [0.05, 0.1) is 0 Å². The summed E-state index contributed by atoms with van der Waals surface area (Å²) < 4.78 is 5.39. The molecule has 1 aliphatic heterocycles. The highest BCUT2D eigenvalue weighted by Gasteiger charge is 2.37. The Morgan fingerprint density at radius 1 is 1.33 bits per heavy atom. The maximum atomic E-state index is 5.71. The van der Waals surface area contributed by atoms with E-state index in [9.17, 15) is 0 Å². The third-order valence-electron chi connectivity index (χ3n) is 3.83. The normalized spacial score (nSPS) is 22.0. The van der Waals surface area contributed by atoms with Crippen LogP contribution in [0.5, 0.6) is 0 Å². The topological polar surface area (TPSA) is 50.5 Å². The number of rotatable bonds is 4. The van der Waals surface area contributed by atoms with Gasteiger partial charge in [-0.2, -0.15) is 0 Å². The summed E-state index contributed by atoms with van der Waals surface area (Å²) in [7, 11) is 4.20. The van der Waals surface area contributed by atoms with Gasteiger partial charge in [-0.25, -0.2) is 0 Å². The Hall–Kier alpha value is -0.160. The lowest BCUT2D eigenvalue weighted by Crippen LogP contribution is -2.61. The molecule has 0 spiro atoms. The van der Waals surface area contributed by atoms with Crippen molar-refractivity contribution in [2.75, 3.05) is 27.3 Å². The van der Waals surface area contributed by atoms with Crippen molar-refractivity contribution in [1.82, 2.24) is 10.3 Å². The second kappa shape index (κ2) is 5.25. The molecular weight excluding hydrogens is 190 g/mol. The molecule has 0 aromatic rings. The van der Waals surface area contributed by atoms with E-state index in [4.69, 9.17) is 10.6 Å². The Bertz CT molecular complexity index is 188. The van der Waals surface area contributed by atoms with E-state index < -0.39 is 0 Å². The smallest absolute Gasteiger partial charge is 0.0469 e. The molecule has 1 rings (SSSR count). The number of nitrogens with two attached hydrogens (primary N) is 1. The summed E-state index contributed by atoms with van der Waals surface area (Å²) in [6, 6.07) is 0.316. The second-order valence-corrected chi connectivity index (χ2v) is 5.14. The van der Waals surface area contributed by atoms with Gasteiger partial charge >= 0.3 is 0 Å². The van der Waals surface area contributed by atoms with E-state index in [0.29, 0.717) is 12.0 Å². The fourth-order valence-electron chi connectivity index (χ4n) is 2.24. The zero-order valence-electron chi connectivity index (χ0n) is 10.4. The molecule has 0 bridgehead atoms. The van der Waals surface area contributed by atoms with Crippen LogP contribution in [0.15, 0.2) is 0 Å². The number of nitrogens with zero attached hydrogens (tertiary/aromatic N) is 1. The molecule has 0 aliphatic carbocycles. The van der Waals surface area contributed by atoms with Gasteiger partial charge in [-0.3, -0.25) is 11.3 Å². The Balaban J connectivity index is 2.68. The van der Waals surface area contributed by atoms with Gasteiger partial charge in [0.2, 0.25) is 0 Å². The summed E-state index contributed by atoms with van der Waals surface area (Å²) in [5.41, 5.74) is 3.06. The van der Waals surface area contributed by atoms with E-state index in [0.717, 1.165) is 26.1 Å². The number of hydrogen-bond acceptors (Lipinski definition) is 4. The maximum Gasteiger partial charge on any atom is 0.0469 e. The minimum Gasteiger partial charge on any atom is -0.381 e. The van der Waals surface area contributed by atoms with Crippen LogP contribution in [0.2, 0.25) is 0 Å². The van der Waals surface area contributed by atoms with E-state index in [-0.39, 0.29) is 5.54 Å². The van der Waals surface area contributed by atoms with Crippen molar-refractivity contribution >= 4 is 0 Å². The van der Waals surface area contributed by atoms with Crippen LogP contribution in [0.25, 0.3) is 0 Å². The molecule has 0 aromatic carbocycles. The molecule has 0 amide bonds. The molecule has 4 nitrogen and oxygen atoms in total. The number of hydrazine groups is 1. The molecule has 0 aromatic heterocycles. The minimum absolute atomic E-state index is 0.0662. The fourth-order valence-corrected chi connectivity index (χ4v) is 2.24. The van der Waals surface area contributed by atoms with Crippen LogP contribution >= 0.6 is 0 Å². The first-order valence-corrected chi connectivity index (χ1v) is 5.71. The highest BCUT2D eigenvalue weighted by Crippen LogP contribution is 2.28. The molecule has 1 saturated heterocycles. The van der Waals surface area contributed by atoms with Crippen LogP contribution in [-0.2, 0) is 4.74 Å². The van der Waals surface area contributed by atoms with E-state index in [1.807, 2.05) is 0 Å². The number of nitrogens with one attached hydrogen (secondary N) is 1. The third-order valence-corrected chi connectivity index (χ3v) is 3.83. The van der Waals surface area contributed by atoms with Crippen LogP contribution < -0.4 is 11.3 Å². The quantitative estimate of drug-likeness (QED) is 0.532. The summed E-state index contributed by atoms with van der Waals surface area (Å²) >= 11 is 0. The van der Waals surface area contributed by atoms with Crippen molar-refractivity contribution < 1.29 is 4.74 Å². The van der Waals surface area contributed by atoms with Crippen LogP contribution in [0.4, 0.5) is 0 Å². The third kappa shape index (κ3) is 2.91. The first kappa shape index (κ1) is 12.9. The van der Waals surface area contributed by atoms with Crippen molar-refractivity contribution in [3.63, 3.8) is 0 Å². The standard InChI is InChI=1S/C11H25N3O/c1-11(2,14(3)4)10(13-12)9-5-7-15-8-6-9/h9-10,13H,5-8,12H2,1-4H3. The summed E-state index contributed by atoms with van der Waals surface area (Å²) in [5.74, 6) is 6.32. The van der Waals surface area contributed by atoms with Crippen LogP contribution in [0.3, 0.4) is 0 Å². The van der Waals surface area contributed by atoms with E-state index in [1.54, 1.807) is 0 Å². The number of hydrogen-bond donors (Lipinski definition) is 2. The molecule has 1 aliphatic rings. The molecule has 1 heterocycles. The molecule has 3 N–H and O–H groups in total. The number of ether oxygens (including phenoxy) is 1. The number of likely N-dealkylation sites (N-methyl/N-ethyl adjacent to an activating group) is 1. The summed E-state index contributed by atoms with van der Waals surface area (Å²) in [6.07, 6.45) is 2.21. The highest BCUT2D eigenvalue weighted by molar-refractivity contribution is 4.94. The van der Waals surface area contributed by atoms with Crippen LogP contribution in [0.1, 0.15) is 26.7 Å². The van der Waals surface area contributed by atoms with Crippen LogP contribution in [-0.4, -0.2) is 43.8 Å². The Morgan fingerprint density at radius 2 is 1.87 bits per heavy atom. The van der Waals surface area contributed by atoms with Gasteiger partial charge in [0.25, 0.3) is 0 Å². The highest BCUT2D eigenvalue weighted by atomic mass is 16.5. The van der Waals surface area contributed by atoms with Gasteiger partial charge in [-0.1, -0.05) is 0 Å². The first-order chi connectivity index (χ1) is 7.00. The molecule has 90 valence electrons. The average molecular weight is 215 g/mol. The van der Waals surface area contributed by atoms with Crippen molar-refractivity contribution in [2.24, 2.45) is 11.8 Å². The summed E-state index contributed by atoms with van der Waals surface area (Å²) in [4.78, 5) is 2.23. The van der Waals surface area contributed by atoms with Crippen molar-refractivity contribution in [2.45, 2.75) is 38.3 Å². The Morgan fingerprint density at radius 3 is 2.27 bits per heavy atom. The lowest BCUT2D eigenvalue weighted by Gasteiger charge is -2.44. The van der Waals surface area contributed by atoms with Gasteiger partial charge in [0.1, 0.15) is 0 Å². The molecule has 0 saturated carbocycles. The van der Waals surface area contributed by atoms with Gasteiger partial charge < -0.3 is 9.64 Å². The molecule has 4 heteroatoms. The predicted molar refractivity (Wildman–Crippen MR) is 62.4 cm³/mol. The molecule has 0 radical (unpaired) electrons. The molecule has 1 unspecified atom stereocenters. The molecule has 15 heavy (non-hydrogen) atoms. The fraction of sp³-hybridized carbons (Fsp3) is 1.00. The molecule has 1 atom stereocenters. The van der Waals surface area contributed by atoms with E-state index in [2.05, 4.69) is 38.3 Å². The molecule has 1 fully saturated rings. The summed E-state index contributed by atoms with van der Waals surface area (Å²) in [5, 5.41) is 0. The maximum absolute atomic E-state index is 5.71. The second-order valence-electron chi connectivity index (χ2n) is 5.14. The lowest BCUT2D eigenvalue weighted by atomic mass is 9.80. The average Bonchev–Trinajstić information content (AvgIpc) is 2.19. The molecular formula is C11H25N3O. The van der Waals surface area contributed by atoms with Gasteiger partial charge in [0.15, 0.2) is 0 Å². The van der Waals surface area contributed by atoms with Crippen LogP contribution in [0, 0.1) is 5.92 Å². The van der Waals surface area contributed by atoms with Gasteiger partial charge in [-0.05, 0) is 46.7 Å². The Kier molecular flexibility index (Phi) is 4.52. The van der Waals surface area contributed by atoms with Crippen molar-refractivity contribution in [1.29, 1.82) is 0 Å². The largest absolute Gasteiger partial charge is 0.381 e. The van der Waals surface area contributed by atoms with Gasteiger partial charge in [-0.15, -0.1) is 0 Å². The van der Waals surface area contributed by atoms with E-state index >= 15 is 0 Å². The lowest BCUT2D eigenvalue weighted by molar-refractivity contribution is 0.0202. The van der Waals surface area contributed by atoms with Crippen molar-refractivity contribution in [3.05, 3.63) is 0 Å². The Labute approximate surface area is 93.1 Å².